The lowest BCUT2D eigenvalue weighted by Gasteiger charge is -2.13. The Bertz CT molecular complexity index is 1240. The number of carbonyl (C=O) groups is 2. The molecule has 8 nitrogen and oxygen atoms in total. The molecular weight excluding hydrogens is 461 g/mol. The van der Waals surface area contributed by atoms with Gasteiger partial charge in [0.2, 0.25) is 21.8 Å². The van der Waals surface area contributed by atoms with Crippen LogP contribution >= 0.6 is 0 Å². The third-order valence-electron chi connectivity index (χ3n) is 4.95. The van der Waals surface area contributed by atoms with Crippen LogP contribution in [0.1, 0.15) is 16.9 Å². The van der Waals surface area contributed by atoms with Crippen LogP contribution in [0, 0.1) is 11.7 Å². The molecule has 178 valence electrons. The van der Waals surface area contributed by atoms with Gasteiger partial charge in [0.05, 0.1) is 23.6 Å². The number of nitrogens with two attached hydrogens (primary N) is 1. The summed E-state index contributed by atoms with van der Waals surface area (Å²) in [6.45, 7) is 0.0546. The van der Waals surface area contributed by atoms with Crippen molar-refractivity contribution in [3.63, 3.8) is 0 Å². The number of amides is 2. The largest absolute Gasteiger partial charge is 0.468 e. The lowest BCUT2D eigenvalue weighted by Crippen LogP contribution is -2.36. The van der Waals surface area contributed by atoms with E-state index in [1.807, 2.05) is 0 Å². The van der Waals surface area contributed by atoms with Gasteiger partial charge in [0.25, 0.3) is 0 Å². The molecule has 0 saturated carbocycles. The highest BCUT2D eigenvalue weighted by molar-refractivity contribution is 7.89. The van der Waals surface area contributed by atoms with Crippen LogP contribution in [0.5, 0.6) is 0 Å². The number of rotatable bonds is 11. The summed E-state index contributed by atoms with van der Waals surface area (Å²) >= 11 is 0. The van der Waals surface area contributed by atoms with Crippen LogP contribution in [0.2, 0.25) is 0 Å². The SMILES string of the molecule is NC(=O)C(CNC(=O)/C=C/c1ccc(S(=O)(=O)NCc2ccco2)cc1)Cc1ccc(F)cc1. The molecule has 1 heterocycles. The van der Waals surface area contributed by atoms with Crippen molar-refractivity contribution in [1.29, 1.82) is 0 Å². The Labute approximate surface area is 196 Å². The van der Waals surface area contributed by atoms with E-state index in [2.05, 4.69) is 10.0 Å². The lowest BCUT2D eigenvalue weighted by atomic mass is 9.98. The molecule has 0 spiro atoms. The Morgan fingerprint density at radius 2 is 1.76 bits per heavy atom. The molecule has 34 heavy (non-hydrogen) atoms. The molecule has 4 N–H and O–H groups in total. The predicted molar refractivity (Wildman–Crippen MR) is 124 cm³/mol. The van der Waals surface area contributed by atoms with Crippen molar-refractivity contribution in [2.45, 2.75) is 17.9 Å². The lowest BCUT2D eigenvalue weighted by molar-refractivity contribution is -0.122. The average Bonchev–Trinajstić information content (AvgIpc) is 3.34. The second-order valence-corrected chi connectivity index (χ2v) is 9.25. The van der Waals surface area contributed by atoms with Gasteiger partial charge in [-0.15, -0.1) is 0 Å². The first-order chi connectivity index (χ1) is 16.2. The summed E-state index contributed by atoms with van der Waals surface area (Å²) in [6, 6.07) is 15.0. The molecule has 0 fully saturated rings. The minimum absolute atomic E-state index is 0.0222. The van der Waals surface area contributed by atoms with E-state index in [0.717, 1.165) is 5.56 Å². The van der Waals surface area contributed by atoms with Crippen molar-refractivity contribution in [3.8, 4) is 0 Å². The minimum atomic E-state index is -3.72. The number of primary amides is 1. The fourth-order valence-corrected chi connectivity index (χ4v) is 4.05. The fraction of sp³-hybridized carbons (Fsp3) is 0.167. The summed E-state index contributed by atoms with van der Waals surface area (Å²) < 4.78 is 45.3. The zero-order valence-electron chi connectivity index (χ0n) is 18.1. The highest BCUT2D eigenvalue weighted by Gasteiger charge is 2.17. The average molecular weight is 486 g/mol. The van der Waals surface area contributed by atoms with E-state index in [0.29, 0.717) is 11.3 Å². The zero-order chi connectivity index (χ0) is 24.6. The van der Waals surface area contributed by atoms with E-state index < -0.39 is 27.8 Å². The second kappa shape index (κ2) is 11.4. The Balaban J connectivity index is 1.52. The van der Waals surface area contributed by atoms with Gasteiger partial charge in [0.15, 0.2) is 0 Å². The number of nitrogens with one attached hydrogen (secondary N) is 2. The molecule has 2 amide bonds. The third-order valence-corrected chi connectivity index (χ3v) is 6.37. The van der Waals surface area contributed by atoms with E-state index in [1.165, 1.54) is 42.7 Å². The molecule has 0 bridgehead atoms. The van der Waals surface area contributed by atoms with Crippen LogP contribution in [0.15, 0.2) is 82.3 Å². The smallest absolute Gasteiger partial charge is 0.244 e. The van der Waals surface area contributed by atoms with Gasteiger partial charge >= 0.3 is 0 Å². The van der Waals surface area contributed by atoms with Crippen molar-refractivity contribution in [1.82, 2.24) is 10.0 Å². The number of carbonyl (C=O) groups excluding carboxylic acids is 2. The summed E-state index contributed by atoms with van der Waals surface area (Å²) in [6.07, 6.45) is 4.51. The van der Waals surface area contributed by atoms with Crippen molar-refractivity contribution in [3.05, 3.63) is 95.7 Å². The molecule has 0 saturated heterocycles. The van der Waals surface area contributed by atoms with E-state index in [-0.39, 0.29) is 30.2 Å². The van der Waals surface area contributed by atoms with Gasteiger partial charge in [0, 0.05) is 12.6 Å². The van der Waals surface area contributed by atoms with Gasteiger partial charge in [-0.2, -0.15) is 0 Å². The summed E-state index contributed by atoms with van der Waals surface area (Å²) in [7, 11) is -3.72. The summed E-state index contributed by atoms with van der Waals surface area (Å²) in [5.41, 5.74) is 6.76. The van der Waals surface area contributed by atoms with Gasteiger partial charge in [-0.05, 0) is 60.0 Å². The maximum atomic E-state index is 13.0. The molecule has 0 aliphatic heterocycles. The Morgan fingerprint density at radius 1 is 1.06 bits per heavy atom. The maximum absolute atomic E-state index is 13.0. The summed E-state index contributed by atoms with van der Waals surface area (Å²) in [5, 5.41) is 2.62. The standard InChI is InChI=1S/C24H24FN3O5S/c25-20-8-3-18(4-9-20)14-19(24(26)30)15-27-23(29)12-7-17-5-10-22(11-6-17)34(31,32)28-16-21-2-1-13-33-21/h1-13,19,28H,14-16H2,(H2,26,30)(H,27,29)/b12-7+. The monoisotopic (exact) mass is 485 g/mol. The number of halogens is 1. The van der Waals surface area contributed by atoms with Gasteiger partial charge < -0.3 is 15.5 Å². The number of benzene rings is 2. The van der Waals surface area contributed by atoms with Gasteiger partial charge in [0.1, 0.15) is 11.6 Å². The van der Waals surface area contributed by atoms with Gasteiger partial charge in [-0.1, -0.05) is 24.3 Å². The first-order valence-electron chi connectivity index (χ1n) is 10.3. The molecule has 2 aromatic carbocycles. The fourth-order valence-electron chi connectivity index (χ4n) is 3.05. The van der Waals surface area contributed by atoms with Crippen molar-refractivity contribution < 1.29 is 26.8 Å². The molecule has 3 rings (SSSR count). The first kappa shape index (κ1) is 24.9. The van der Waals surface area contributed by atoms with Crippen LogP contribution in [0.25, 0.3) is 6.08 Å². The van der Waals surface area contributed by atoms with Crippen LogP contribution < -0.4 is 15.8 Å². The maximum Gasteiger partial charge on any atom is 0.244 e. The van der Waals surface area contributed by atoms with Crippen LogP contribution in [-0.4, -0.2) is 26.8 Å². The number of hydrogen-bond donors (Lipinski definition) is 3. The van der Waals surface area contributed by atoms with Crippen molar-refractivity contribution in [2.75, 3.05) is 6.54 Å². The molecular formula is C24H24FN3O5S. The van der Waals surface area contributed by atoms with Crippen molar-refractivity contribution >= 4 is 27.9 Å². The third kappa shape index (κ3) is 7.39. The number of hydrogen-bond acceptors (Lipinski definition) is 5. The minimum Gasteiger partial charge on any atom is -0.468 e. The number of sulfonamides is 1. The van der Waals surface area contributed by atoms with Crippen LogP contribution in [0.3, 0.4) is 0 Å². The normalized spacial score (nSPS) is 12.5. The van der Waals surface area contributed by atoms with Gasteiger partial charge in [-0.3, -0.25) is 9.59 Å². The highest BCUT2D eigenvalue weighted by Crippen LogP contribution is 2.13. The topological polar surface area (TPSA) is 132 Å². The number of furan rings is 1. The highest BCUT2D eigenvalue weighted by atomic mass is 32.2. The molecule has 0 aliphatic rings. The molecule has 0 radical (unpaired) electrons. The molecule has 1 atom stereocenters. The predicted octanol–water partition coefficient (Wildman–Crippen LogP) is 2.37. The van der Waals surface area contributed by atoms with E-state index in [4.69, 9.17) is 10.2 Å². The van der Waals surface area contributed by atoms with E-state index >= 15 is 0 Å². The van der Waals surface area contributed by atoms with Crippen LogP contribution in [-0.2, 0) is 32.6 Å². The summed E-state index contributed by atoms with van der Waals surface area (Å²) in [4.78, 5) is 23.9. The molecule has 1 aromatic heterocycles. The van der Waals surface area contributed by atoms with E-state index in [1.54, 1.807) is 36.4 Å². The first-order valence-corrected chi connectivity index (χ1v) is 11.8. The zero-order valence-corrected chi connectivity index (χ0v) is 18.9. The van der Waals surface area contributed by atoms with Gasteiger partial charge in [-0.25, -0.2) is 17.5 Å². The van der Waals surface area contributed by atoms with Crippen molar-refractivity contribution in [2.24, 2.45) is 11.7 Å². The molecule has 10 heteroatoms. The van der Waals surface area contributed by atoms with E-state index in [9.17, 15) is 22.4 Å². The molecule has 0 aliphatic carbocycles. The quantitative estimate of drug-likeness (QED) is 0.359. The molecule has 3 aromatic rings. The second-order valence-electron chi connectivity index (χ2n) is 7.48. The van der Waals surface area contributed by atoms with Crippen LogP contribution in [0.4, 0.5) is 4.39 Å². The molecule has 1 unspecified atom stereocenters. The Kier molecular flexibility index (Phi) is 8.34. The summed E-state index contributed by atoms with van der Waals surface area (Å²) in [5.74, 6) is -1.56. The Morgan fingerprint density at radius 3 is 2.38 bits per heavy atom. The Hall–Kier alpha value is -3.76.